The molecule has 0 bridgehead atoms. The number of halogens is 3. The molecule has 1 N–H and O–H groups in total. The maximum atomic E-state index is 13.2. The Hall–Kier alpha value is -1.95. The molecule has 0 radical (unpaired) electrons. The minimum Gasteiger partial charge on any atom is -0.386 e. The van der Waals surface area contributed by atoms with Gasteiger partial charge in [0, 0.05) is 15.6 Å². The second kappa shape index (κ2) is 6.66. The quantitative estimate of drug-likeness (QED) is 0.771. The highest BCUT2D eigenvalue weighted by atomic mass is 35.5. The molecule has 0 saturated heterocycles. The van der Waals surface area contributed by atoms with Crippen LogP contribution in [0, 0.1) is 5.82 Å². The second-order valence-electron chi connectivity index (χ2n) is 4.98. The summed E-state index contributed by atoms with van der Waals surface area (Å²) in [5.74, 6) is -0.356. The third-order valence-corrected chi connectivity index (χ3v) is 4.08. The van der Waals surface area contributed by atoms with Crippen molar-refractivity contribution in [2.75, 3.05) is 0 Å². The van der Waals surface area contributed by atoms with E-state index in [-0.39, 0.29) is 5.82 Å². The molecule has 3 aromatic rings. The molecule has 2 aromatic carbocycles. The van der Waals surface area contributed by atoms with Crippen LogP contribution in [0.1, 0.15) is 23.3 Å². The number of aliphatic hydroxyl groups excluding tert-OH is 1. The molecule has 23 heavy (non-hydrogen) atoms. The fraction of sp³-hybridized carbons (Fsp3) is 0.125. The second-order valence-corrected chi connectivity index (χ2v) is 5.83. The maximum absolute atomic E-state index is 13.2. The van der Waals surface area contributed by atoms with E-state index in [1.165, 1.54) is 29.5 Å². The molecule has 0 fully saturated rings. The van der Waals surface area contributed by atoms with Crippen LogP contribution in [0.5, 0.6) is 0 Å². The molecule has 0 aliphatic rings. The van der Waals surface area contributed by atoms with Crippen molar-refractivity contribution in [3.8, 4) is 0 Å². The van der Waals surface area contributed by atoms with Crippen molar-refractivity contribution in [2.24, 2.45) is 0 Å². The Kier molecular flexibility index (Phi) is 4.61. The molecule has 0 aliphatic carbocycles. The molecule has 1 aromatic heterocycles. The van der Waals surface area contributed by atoms with Crippen LogP contribution in [0.3, 0.4) is 0 Å². The van der Waals surface area contributed by atoms with E-state index in [1.807, 2.05) is 0 Å². The molecule has 0 saturated carbocycles. The summed E-state index contributed by atoms with van der Waals surface area (Å²) in [5.41, 5.74) is 1.18. The predicted molar refractivity (Wildman–Crippen MR) is 86.0 cm³/mol. The van der Waals surface area contributed by atoms with Crippen LogP contribution < -0.4 is 0 Å². The van der Waals surface area contributed by atoms with Gasteiger partial charge in [-0.1, -0.05) is 41.4 Å². The zero-order valence-electron chi connectivity index (χ0n) is 11.8. The first-order chi connectivity index (χ1) is 11.1. The standard InChI is InChI=1S/C16H12Cl2FN3O/c17-11-3-6-13(14(18)7-11)16(23)15(22-9-20-8-21-22)10-1-4-12(19)5-2-10/h1-9,15-16,23H. The largest absolute Gasteiger partial charge is 0.386 e. The number of benzene rings is 2. The van der Waals surface area contributed by atoms with Crippen LogP contribution in [0.4, 0.5) is 4.39 Å². The lowest BCUT2D eigenvalue weighted by molar-refractivity contribution is 0.125. The molecule has 118 valence electrons. The van der Waals surface area contributed by atoms with Crippen LogP contribution >= 0.6 is 23.2 Å². The van der Waals surface area contributed by atoms with E-state index >= 15 is 0 Å². The third kappa shape index (κ3) is 3.37. The van der Waals surface area contributed by atoms with E-state index in [0.29, 0.717) is 21.2 Å². The first kappa shape index (κ1) is 15.9. The average Bonchev–Trinajstić information content (AvgIpc) is 3.03. The molecule has 0 spiro atoms. The summed E-state index contributed by atoms with van der Waals surface area (Å²) >= 11 is 12.1. The first-order valence-electron chi connectivity index (χ1n) is 6.79. The van der Waals surface area contributed by atoms with Crippen LogP contribution in [0.2, 0.25) is 10.0 Å². The molecule has 4 nitrogen and oxygen atoms in total. The van der Waals surface area contributed by atoms with Gasteiger partial charge in [0.05, 0.1) is 0 Å². The van der Waals surface area contributed by atoms with Crippen LogP contribution in [-0.2, 0) is 0 Å². The monoisotopic (exact) mass is 351 g/mol. The van der Waals surface area contributed by atoms with Crippen molar-refractivity contribution in [2.45, 2.75) is 12.1 Å². The minimum atomic E-state index is -1.01. The normalized spacial score (nSPS) is 13.7. The Morgan fingerprint density at radius 2 is 1.83 bits per heavy atom. The summed E-state index contributed by atoms with van der Waals surface area (Å²) in [6.07, 6.45) is 1.85. The van der Waals surface area contributed by atoms with Gasteiger partial charge in [-0.3, -0.25) is 0 Å². The number of aliphatic hydroxyl groups is 1. The molecule has 7 heteroatoms. The molecule has 2 atom stereocenters. The summed E-state index contributed by atoms with van der Waals surface area (Å²) < 4.78 is 14.7. The van der Waals surface area contributed by atoms with Gasteiger partial charge in [-0.15, -0.1) is 0 Å². The summed E-state index contributed by atoms with van der Waals surface area (Å²) in [7, 11) is 0. The van der Waals surface area contributed by atoms with Crippen LogP contribution in [-0.4, -0.2) is 19.9 Å². The highest BCUT2D eigenvalue weighted by molar-refractivity contribution is 6.35. The summed E-state index contributed by atoms with van der Waals surface area (Å²) in [5, 5.41) is 15.8. The van der Waals surface area contributed by atoms with Crippen molar-refractivity contribution in [1.82, 2.24) is 14.8 Å². The Balaban J connectivity index is 2.06. The molecular weight excluding hydrogens is 340 g/mol. The van der Waals surface area contributed by atoms with E-state index in [0.717, 1.165) is 0 Å². The van der Waals surface area contributed by atoms with Gasteiger partial charge >= 0.3 is 0 Å². The van der Waals surface area contributed by atoms with Gasteiger partial charge in [0.1, 0.15) is 30.6 Å². The van der Waals surface area contributed by atoms with Crippen molar-refractivity contribution in [3.63, 3.8) is 0 Å². The van der Waals surface area contributed by atoms with Gasteiger partial charge in [0.25, 0.3) is 0 Å². The molecule has 1 heterocycles. The SMILES string of the molecule is OC(c1ccc(Cl)cc1Cl)C(c1ccc(F)cc1)n1cncn1. The van der Waals surface area contributed by atoms with E-state index in [2.05, 4.69) is 10.1 Å². The number of rotatable bonds is 4. The Bertz CT molecular complexity index is 794. The topological polar surface area (TPSA) is 50.9 Å². The fourth-order valence-electron chi connectivity index (χ4n) is 2.41. The van der Waals surface area contributed by atoms with Gasteiger partial charge in [-0.25, -0.2) is 14.1 Å². The summed E-state index contributed by atoms with van der Waals surface area (Å²) in [6, 6.07) is 10.1. The van der Waals surface area contributed by atoms with Gasteiger partial charge < -0.3 is 5.11 Å². The number of aromatic nitrogens is 3. The van der Waals surface area contributed by atoms with Crippen molar-refractivity contribution in [3.05, 3.63) is 82.1 Å². The van der Waals surface area contributed by atoms with Gasteiger partial charge in [-0.2, -0.15) is 5.10 Å². The van der Waals surface area contributed by atoms with Gasteiger partial charge in [-0.05, 0) is 29.8 Å². The highest BCUT2D eigenvalue weighted by Crippen LogP contribution is 2.36. The van der Waals surface area contributed by atoms with E-state index < -0.39 is 12.1 Å². The minimum absolute atomic E-state index is 0.345. The number of hydrogen-bond donors (Lipinski definition) is 1. The molecular formula is C16H12Cl2FN3O. The van der Waals surface area contributed by atoms with Crippen molar-refractivity contribution in [1.29, 1.82) is 0 Å². The fourth-order valence-corrected chi connectivity index (χ4v) is 2.93. The lowest BCUT2D eigenvalue weighted by atomic mass is 9.96. The zero-order chi connectivity index (χ0) is 16.4. The maximum Gasteiger partial charge on any atom is 0.137 e. The first-order valence-corrected chi connectivity index (χ1v) is 7.54. The Labute approximate surface area is 142 Å². The van der Waals surface area contributed by atoms with Crippen molar-refractivity contribution < 1.29 is 9.50 Å². The zero-order valence-corrected chi connectivity index (χ0v) is 13.3. The van der Waals surface area contributed by atoms with Crippen LogP contribution in [0.15, 0.2) is 55.1 Å². The third-order valence-electron chi connectivity index (χ3n) is 3.51. The van der Waals surface area contributed by atoms with Gasteiger partial charge in [0.2, 0.25) is 0 Å². The lowest BCUT2D eigenvalue weighted by Gasteiger charge is -2.24. The van der Waals surface area contributed by atoms with Gasteiger partial charge in [0.15, 0.2) is 0 Å². The van der Waals surface area contributed by atoms with E-state index in [9.17, 15) is 9.50 Å². The number of nitrogens with zero attached hydrogens (tertiary/aromatic N) is 3. The summed E-state index contributed by atoms with van der Waals surface area (Å²) in [4.78, 5) is 3.91. The van der Waals surface area contributed by atoms with E-state index in [1.54, 1.807) is 30.3 Å². The highest BCUT2D eigenvalue weighted by Gasteiger charge is 2.27. The van der Waals surface area contributed by atoms with Crippen molar-refractivity contribution >= 4 is 23.2 Å². The molecule has 0 amide bonds. The lowest BCUT2D eigenvalue weighted by Crippen LogP contribution is -2.20. The predicted octanol–water partition coefficient (Wildman–Crippen LogP) is 4.05. The Morgan fingerprint density at radius 3 is 2.43 bits per heavy atom. The Morgan fingerprint density at radius 1 is 1.09 bits per heavy atom. The van der Waals surface area contributed by atoms with Crippen LogP contribution in [0.25, 0.3) is 0 Å². The smallest absolute Gasteiger partial charge is 0.137 e. The number of hydrogen-bond acceptors (Lipinski definition) is 3. The molecule has 0 aliphatic heterocycles. The molecule has 3 rings (SSSR count). The average molecular weight is 352 g/mol. The summed E-state index contributed by atoms with van der Waals surface area (Å²) in [6.45, 7) is 0. The van der Waals surface area contributed by atoms with E-state index in [4.69, 9.17) is 23.2 Å². The molecule has 2 unspecified atom stereocenters.